The fourth-order valence-electron chi connectivity index (χ4n) is 4.11. The number of aromatic amines is 1. The van der Waals surface area contributed by atoms with Gasteiger partial charge in [-0.25, -0.2) is 9.59 Å². The lowest BCUT2D eigenvalue weighted by atomic mass is 10.1. The lowest BCUT2D eigenvalue weighted by molar-refractivity contribution is -0.131. The number of rotatable bonds is 12. The van der Waals surface area contributed by atoms with E-state index in [0.717, 1.165) is 22.5 Å². The first-order valence-electron chi connectivity index (χ1n) is 13.0. The molecule has 0 bridgehead atoms. The van der Waals surface area contributed by atoms with Crippen LogP contribution in [-0.4, -0.2) is 46.6 Å². The Kier molecular flexibility index (Phi) is 9.87. The van der Waals surface area contributed by atoms with E-state index in [-0.39, 0.29) is 19.6 Å². The average Bonchev–Trinajstić information content (AvgIpc) is 3.42. The Morgan fingerprint density at radius 2 is 1.66 bits per heavy atom. The van der Waals surface area contributed by atoms with Crippen molar-refractivity contribution in [3.63, 3.8) is 0 Å². The first-order valence-corrected chi connectivity index (χ1v) is 13.0. The number of hydrogen-bond donors (Lipinski definition) is 5. The number of aromatic nitrogens is 1. The minimum Gasteiger partial charge on any atom is -0.478 e. The number of H-pyrrole nitrogens is 1. The smallest absolute Gasteiger partial charge is 0.407 e. The van der Waals surface area contributed by atoms with Gasteiger partial charge in [0.05, 0.1) is 0 Å². The third-order valence-electron chi connectivity index (χ3n) is 6.17. The lowest BCUT2D eigenvalue weighted by Crippen LogP contribution is -2.44. The molecular weight excluding hydrogens is 524 g/mol. The van der Waals surface area contributed by atoms with E-state index in [2.05, 4.69) is 20.9 Å². The SMILES string of the molecule is O=C(O)/C=C/c1ccccc1NC(=O)[C@H](CCCNC(=O)OCc1ccccc1)NC(=O)c1cc2ccccc2[nH]1. The molecule has 10 heteroatoms. The predicted octanol–water partition coefficient (Wildman–Crippen LogP) is 4.71. The molecule has 1 heterocycles. The highest BCUT2D eigenvalue weighted by Gasteiger charge is 2.23. The number of aliphatic carboxylic acids is 1. The van der Waals surface area contributed by atoms with Crippen LogP contribution in [0.15, 0.2) is 91.0 Å². The Morgan fingerprint density at radius 3 is 2.44 bits per heavy atom. The molecule has 0 aliphatic rings. The van der Waals surface area contributed by atoms with E-state index in [1.165, 1.54) is 6.08 Å². The Labute approximate surface area is 236 Å². The highest BCUT2D eigenvalue weighted by Crippen LogP contribution is 2.18. The molecule has 0 unspecified atom stereocenters. The molecule has 4 aromatic rings. The lowest BCUT2D eigenvalue weighted by Gasteiger charge is -2.19. The first kappa shape index (κ1) is 28.6. The number of fused-ring (bicyclic) bond motifs is 1. The van der Waals surface area contributed by atoms with Crippen molar-refractivity contribution < 1.29 is 29.0 Å². The molecule has 0 spiro atoms. The molecule has 1 atom stereocenters. The number of hydrogen-bond acceptors (Lipinski definition) is 5. The van der Waals surface area contributed by atoms with Crippen molar-refractivity contribution in [2.45, 2.75) is 25.5 Å². The summed E-state index contributed by atoms with van der Waals surface area (Å²) < 4.78 is 5.21. The van der Waals surface area contributed by atoms with Gasteiger partial charge in [0, 0.05) is 29.2 Å². The Balaban J connectivity index is 1.40. The topological polar surface area (TPSA) is 150 Å². The molecule has 0 aliphatic heterocycles. The van der Waals surface area contributed by atoms with Crippen molar-refractivity contribution in [3.8, 4) is 0 Å². The van der Waals surface area contributed by atoms with Crippen LogP contribution in [0.3, 0.4) is 0 Å². The quantitative estimate of drug-likeness (QED) is 0.126. The normalized spacial score (nSPS) is 11.6. The Hall–Kier alpha value is -5.38. The summed E-state index contributed by atoms with van der Waals surface area (Å²) >= 11 is 0. The van der Waals surface area contributed by atoms with Crippen LogP contribution in [0.25, 0.3) is 17.0 Å². The van der Waals surface area contributed by atoms with Gasteiger partial charge in [-0.3, -0.25) is 9.59 Å². The van der Waals surface area contributed by atoms with Crippen molar-refractivity contribution in [2.75, 3.05) is 11.9 Å². The number of carbonyl (C=O) groups is 4. The number of benzene rings is 3. The zero-order valence-electron chi connectivity index (χ0n) is 22.1. The molecule has 0 fully saturated rings. The van der Waals surface area contributed by atoms with Gasteiger partial charge < -0.3 is 30.8 Å². The second kappa shape index (κ2) is 14.1. The van der Waals surface area contributed by atoms with Crippen molar-refractivity contribution in [2.24, 2.45) is 0 Å². The molecule has 210 valence electrons. The summed E-state index contributed by atoms with van der Waals surface area (Å²) in [5, 5.41) is 18.1. The third kappa shape index (κ3) is 8.56. The largest absolute Gasteiger partial charge is 0.478 e. The summed E-state index contributed by atoms with van der Waals surface area (Å²) in [7, 11) is 0. The Bertz CT molecular complexity index is 1510. The molecule has 4 rings (SSSR count). The molecule has 10 nitrogen and oxygen atoms in total. The number of nitrogens with one attached hydrogen (secondary N) is 4. The zero-order chi connectivity index (χ0) is 29.0. The number of ether oxygens (including phenoxy) is 1. The van der Waals surface area contributed by atoms with E-state index in [4.69, 9.17) is 9.84 Å². The summed E-state index contributed by atoms with van der Waals surface area (Å²) in [6.07, 6.45) is 2.34. The number of anilines is 1. The van der Waals surface area contributed by atoms with E-state index < -0.39 is 29.9 Å². The summed E-state index contributed by atoms with van der Waals surface area (Å²) in [6, 6.07) is 24.2. The number of para-hydroxylation sites is 2. The van der Waals surface area contributed by atoms with E-state index in [1.54, 1.807) is 30.3 Å². The van der Waals surface area contributed by atoms with Gasteiger partial charge in [0.1, 0.15) is 18.3 Å². The minimum absolute atomic E-state index is 0.133. The van der Waals surface area contributed by atoms with Gasteiger partial charge >= 0.3 is 12.1 Å². The molecule has 0 saturated carbocycles. The number of carbonyl (C=O) groups excluding carboxylic acids is 3. The maximum atomic E-state index is 13.3. The first-order chi connectivity index (χ1) is 19.9. The average molecular weight is 555 g/mol. The Morgan fingerprint density at radius 1 is 0.927 bits per heavy atom. The van der Waals surface area contributed by atoms with Crippen LogP contribution >= 0.6 is 0 Å². The molecule has 0 saturated heterocycles. The standard InChI is InChI=1S/C31H30N4O6/c36-28(37)17-16-22-11-4-6-13-24(22)34-29(38)26(35-30(39)27-19-23-12-5-7-14-25(23)33-27)15-8-18-32-31(40)41-20-21-9-2-1-3-10-21/h1-7,9-14,16-17,19,26,33H,8,15,18,20H2,(H,32,40)(H,34,38)(H,35,39)(H,36,37)/b17-16+/t26-/m0/s1. The van der Waals surface area contributed by atoms with Crippen LogP contribution in [0, 0.1) is 0 Å². The van der Waals surface area contributed by atoms with E-state index in [0.29, 0.717) is 23.4 Å². The maximum Gasteiger partial charge on any atom is 0.407 e. The van der Waals surface area contributed by atoms with E-state index in [1.807, 2.05) is 54.6 Å². The molecule has 5 N–H and O–H groups in total. The summed E-state index contributed by atoms with van der Waals surface area (Å²) in [5.74, 6) is -2.07. The van der Waals surface area contributed by atoms with Crippen molar-refractivity contribution >= 4 is 46.5 Å². The minimum atomic E-state index is -1.12. The van der Waals surface area contributed by atoms with Gasteiger partial charge in [-0.1, -0.05) is 66.7 Å². The molecule has 0 radical (unpaired) electrons. The van der Waals surface area contributed by atoms with Crippen LogP contribution < -0.4 is 16.0 Å². The zero-order valence-corrected chi connectivity index (χ0v) is 22.1. The number of alkyl carbamates (subject to hydrolysis) is 1. The predicted molar refractivity (Wildman–Crippen MR) is 155 cm³/mol. The molecule has 41 heavy (non-hydrogen) atoms. The molecule has 1 aromatic heterocycles. The van der Waals surface area contributed by atoms with E-state index in [9.17, 15) is 19.2 Å². The van der Waals surface area contributed by atoms with Gasteiger partial charge in [0.15, 0.2) is 0 Å². The van der Waals surface area contributed by atoms with Gasteiger partial charge in [0.25, 0.3) is 5.91 Å². The fraction of sp³-hybridized carbons (Fsp3) is 0.161. The summed E-state index contributed by atoms with van der Waals surface area (Å²) in [6.45, 7) is 0.353. The van der Waals surface area contributed by atoms with Crippen LogP contribution in [0.2, 0.25) is 0 Å². The third-order valence-corrected chi connectivity index (χ3v) is 6.17. The van der Waals surface area contributed by atoms with Crippen LogP contribution in [0.1, 0.15) is 34.5 Å². The number of carboxylic acid groups (broad SMARTS) is 1. The summed E-state index contributed by atoms with van der Waals surface area (Å²) in [4.78, 5) is 52.6. The van der Waals surface area contributed by atoms with Crippen LogP contribution in [0.4, 0.5) is 10.5 Å². The fourth-order valence-corrected chi connectivity index (χ4v) is 4.11. The highest BCUT2D eigenvalue weighted by atomic mass is 16.5. The van der Waals surface area contributed by atoms with Gasteiger partial charge in [-0.05, 0) is 48.2 Å². The molecule has 3 amide bonds. The van der Waals surface area contributed by atoms with E-state index >= 15 is 0 Å². The molecule has 0 aliphatic carbocycles. The monoisotopic (exact) mass is 554 g/mol. The highest BCUT2D eigenvalue weighted by molar-refractivity contribution is 6.03. The maximum absolute atomic E-state index is 13.3. The van der Waals surface area contributed by atoms with Gasteiger partial charge in [-0.2, -0.15) is 0 Å². The molecule has 3 aromatic carbocycles. The molecular formula is C31H30N4O6. The van der Waals surface area contributed by atoms with Crippen LogP contribution in [-0.2, 0) is 20.9 Å². The summed E-state index contributed by atoms with van der Waals surface area (Å²) in [5.41, 5.74) is 2.83. The van der Waals surface area contributed by atoms with Gasteiger partial charge in [0.2, 0.25) is 5.91 Å². The second-order valence-electron chi connectivity index (χ2n) is 9.18. The van der Waals surface area contributed by atoms with Crippen molar-refractivity contribution in [3.05, 3.63) is 108 Å². The van der Waals surface area contributed by atoms with Crippen molar-refractivity contribution in [1.82, 2.24) is 15.6 Å². The van der Waals surface area contributed by atoms with Gasteiger partial charge in [-0.15, -0.1) is 0 Å². The van der Waals surface area contributed by atoms with Crippen LogP contribution in [0.5, 0.6) is 0 Å². The second-order valence-corrected chi connectivity index (χ2v) is 9.18. The van der Waals surface area contributed by atoms with Crippen molar-refractivity contribution in [1.29, 1.82) is 0 Å². The number of amides is 3. The number of carboxylic acids is 1.